The molecule has 1 aromatic heterocycles. The van der Waals surface area contributed by atoms with Crippen molar-refractivity contribution in [2.24, 2.45) is 5.73 Å². The summed E-state index contributed by atoms with van der Waals surface area (Å²) in [6.45, 7) is 2.99. The number of rotatable bonds is 7. The van der Waals surface area contributed by atoms with Crippen LogP contribution in [0.2, 0.25) is 0 Å². The molecule has 2 rings (SSSR count). The van der Waals surface area contributed by atoms with Gasteiger partial charge in [0.05, 0.1) is 10.7 Å². The van der Waals surface area contributed by atoms with E-state index in [4.69, 9.17) is 10.5 Å². The predicted octanol–water partition coefficient (Wildman–Crippen LogP) is 3.31. The summed E-state index contributed by atoms with van der Waals surface area (Å²) in [7, 11) is 0. The van der Waals surface area contributed by atoms with Gasteiger partial charge in [-0.2, -0.15) is 0 Å². The maximum Gasteiger partial charge on any atom is 0.131 e. The number of thiazole rings is 1. The van der Waals surface area contributed by atoms with E-state index in [1.807, 2.05) is 11.4 Å². The van der Waals surface area contributed by atoms with Crippen molar-refractivity contribution in [1.29, 1.82) is 0 Å². The number of nitrogens with two attached hydrogens (primary N) is 1. The van der Waals surface area contributed by atoms with Gasteiger partial charge in [0.2, 0.25) is 0 Å². The lowest BCUT2D eigenvalue weighted by atomic mass is 10.1. The molecule has 20 heavy (non-hydrogen) atoms. The average molecular weight is 294 g/mol. The Morgan fingerprint density at radius 1 is 1.30 bits per heavy atom. The summed E-state index contributed by atoms with van der Waals surface area (Å²) in [4.78, 5) is 4.48. The van der Waals surface area contributed by atoms with Crippen LogP contribution in [-0.2, 0) is 19.4 Å². The van der Waals surface area contributed by atoms with Crippen molar-refractivity contribution in [3.05, 3.63) is 45.7 Å². The lowest BCUT2D eigenvalue weighted by Gasteiger charge is -2.07. The highest BCUT2D eigenvalue weighted by Crippen LogP contribution is 2.19. The molecule has 5 heteroatoms. The molecule has 0 spiro atoms. The maximum atomic E-state index is 13.4. The Bertz CT molecular complexity index is 557. The van der Waals surface area contributed by atoms with Crippen molar-refractivity contribution in [2.45, 2.75) is 32.8 Å². The minimum absolute atomic E-state index is 0.295. The quantitative estimate of drug-likeness (QED) is 0.852. The van der Waals surface area contributed by atoms with Gasteiger partial charge in [0.1, 0.15) is 18.2 Å². The van der Waals surface area contributed by atoms with Crippen LogP contribution in [-0.4, -0.2) is 11.5 Å². The molecule has 2 aromatic rings. The van der Waals surface area contributed by atoms with E-state index in [0.29, 0.717) is 25.3 Å². The summed E-state index contributed by atoms with van der Waals surface area (Å²) >= 11 is 1.64. The van der Waals surface area contributed by atoms with Gasteiger partial charge in [0.15, 0.2) is 0 Å². The first-order valence-corrected chi connectivity index (χ1v) is 7.65. The van der Waals surface area contributed by atoms with Gasteiger partial charge >= 0.3 is 0 Å². The molecule has 0 radical (unpaired) electrons. The zero-order valence-electron chi connectivity index (χ0n) is 11.6. The molecule has 0 unspecified atom stereocenters. The molecule has 0 saturated heterocycles. The minimum atomic E-state index is -0.295. The normalized spacial score (nSPS) is 10.8. The van der Waals surface area contributed by atoms with Gasteiger partial charge in [-0.25, -0.2) is 9.37 Å². The van der Waals surface area contributed by atoms with E-state index >= 15 is 0 Å². The van der Waals surface area contributed by atoms with Crippen molar-refractivity contribution in [1.82, 2.24) is 4.98 Å². The summed E-state index contributed by atoms with van der Waals surface area (Å²) in [6, 6.07) is 4.70. The molecule has 0 aliphatic rings. The standard InChI is InChI=1S/C15H19FN2OS/c1-2-3-15-18-13(10-20-15)9-19-14-7-11(4-5-17)6-12(16)8-14/h6-8,10H,2-5,9,17H2,1H3. The molecule has 0 aliphatic carbocycles. The third-order valence-corrected chi connectivity index (χ3v) is 3.77. The van der Waals surface area contributed by atoms with Crippen LogP contribution in [0.4, 0.5) is 4.39 Å². The number of ether oxygens (including phenoxy) is 1. The molecule has 0 fully saturated rings. The van der Waals surface area contributed by atoms with E-state index in [-0.39, 0.29) is 5.82 Å². The Hall–Kier alpha value is -1.46. The van der Waals surface area contributed by atoms with E-state index < -0.39 is 0 Å². The molecule has 108 valence electrons. The summed E-state index contributed by atoms with van der Waals surface area (Å²) in [5, 5.41) is 3.11. The molecule has 1 heterocycles. The molecular weight excluding hydrogens is 275 g/mol. The Morgan fingerprint density at radius 3 is 2.90 bits per heavy atom. The third-order valence-electron chi connectivity index (χ3n) is 2.81. The van der Waals surface area contributed by atoms with Gasteiger partial charge < -0.3 is 10.5 Å². The molecular formula is C15H19FN2OS. The maximum absolute atomic E-state index is 13.4. The Morgan fingerprint density at radius 2 is 2.15 bits per heavy atom. The van der Waals surface area contributed by atoms with E-state index in [1.54, 1.807) is 11.3 Å². The van der Waals surface area contributed by atoms with Crippen LogP contribution in [0, 0.1) is 5.82 Å². The second-order valence-corrected chi connectivity index (χ2v) is 5.55. The number of aromatic nitrogens is 1. The van der Waals surface area contributed by atoms with Crippen molar-refractivity contribution in [3.63, 3.8) is 0 Å². The number of hydrogen-bond acceptors (Lipinski definition) is 4. The van der Waals surface area contributed by atoms with Gasteiger partial charge in [-0.15, -0.1) is 11.3 Å². The van der Waals surface area contributed by atoms with Gasteiger partial charge in [-0.05, 0) is 43.5 Å². The smallest absolute Gasteiger partial charge is 0.131 e. The first kappa shape index (κ1) is 14.9. The second-order valence-electron chi connectivity index (χ2n) is 4.61. The molecule has 0 bridgehead atoms. The van der Waals surface area contributed by atoms with E-state index in [9.17, 15) is 4.39 Å². The molecule has 0 saturated carbocycles. The fourth-order valence-corrected chi connectivity index (χ4v) is 2.80. The van der Waals surface area contributed by atoms with Gasteiger partial charge in [0, 0.05) is 11.4 Å². The van der Waals surface area contributed by atoms with Crippen LogP contribution in [0.1, 0.15) is 29.6 Å². The van der Waals surface area contributed by atoms with Crippen LogP contribution < -0.4 is 10.5 Å². The molecule has 3 nitrogen and oxygen atoms in total. The van der Waals surface area contributed by atoms with E-state index in [2.05, 4.69) is 11.9 Å². The fourth-order valence-electron chi connectivity index (χ4n) is 1.92. The summed E-state index contributed by atoms with van der Waals surface area (Å²) in [6.07, 6.45) is 2.72. The van der Waals surface area contributed by atoms with Gasteiger partial charge in [-0.3, -0.25) is 0 Å². The zero-order chi connectivity index (χ0) is 14.4. The molecule has 1 aromatic carbocycles. The topological polar surface area (TPSA) is 48.1 Å². The molecule has 0 amide bonds. The van der Waals surface area contributed by atoms with Crippen LogP contribution in [0.3, 0.4) is 0 Å². The lowest BCUT2D eigenvalue weighted by Crippen LogP contribution is -2.04. The number of benzene rings is 1. The highest BCUT2D eigenvalue weighted by molar-refractivity contribution is 7.09. The van der Waals surface area contributed by atoms with E-state index in [0.717, 1.165) is 29.1 Å². The minimum Gasteiger partial charge on any atom is -0.487 e. The third kappa shape index (κ3) is 4.28. The van der Waals surface area contributed by atoms with Crippen LogP contribution in [0.15, 0.2) is 23.6 Å². The van der Waals surface area contributed by atoms with Gasteiger partial charge in [-0.1, -0.05) is 6.92 Å². The van der Waals surface area contributed by atoms with Crippen molar-refractivity contribution < 1.29 is 9.13 Å². The number of nitrogens with zero attached hydrogens (tertiary/aromatic N) is 1. The van der Waals surface area contributed by atoms with Crippen LogP contribution in [0.5, 0.6) is 5.75 Å². The number of aryl methyl sites for hydroxylation is 1. The average Bonchev–Trinajstić information content (AvgIpc) is 2.84. The highest BCUT2D eigenvalue weighted by Gasteiger charge is 2.05. The summed E-state index contributed by atoms with van der Waals surface area (Å²) < 4.78 is 19.1. The Balaban J connectivity index is 1.98. The molecule has 0 atom stereocenters. The summed E-state index contributed by atoms with van der Waals surface area (Å²) in [5.41, 5.74) is 7.23. The van der Waals surface area contributed by atoms with Crippen molar-refractivity contribution in [2.75, 3.05) is 6.54 Å². The first-order chi connectivity index (χ1) is 9.71. The molecule has 0 aliphatic heterocycles. The number of halogens is 1. The Kier molecular flexibility index (Phi) is 5.49. The number of hydrogen-bond donors (Lipinski definition) is 1. The molecule has 2 N–H and O–H groups in total. The first-order valence-electron chi connectivity index (χ1n) is 6.77. The monoisotopic (exact) mass is 294 g/mol. The predicted molar refractivity (Wildman–Crippen MR) is 79.6 cm³/mol. The van der Waals surface area contributed by atoms with Crippen molar-refractivity contribution in [3.8, 4) is 5.75 Å². The van der Waals surface area contributed by atoms with Crippen LogP contribution >= 0.6 is 11.3 Å². The van der Waals surface area contributed by atoms with E-state index in [1.165, 1.54) is 12.1 Å². The van der Waals surface area contributed by atoms with Crippen LogP contribution in [0.25, 0.3) is 0 Å². The fraction of sp³-hybridized carbons (Fsp3) is 0.400. The Labute approximate surface area is 122 Å². The zero-order valence-corrected chi connectivity index (χ0v) is 12.4. The largest absolute Gasteiger partial charge is 0.487 e. The highest BCUT2D eigenvalue weighted by atomic mass is 32.1. The summed E-state index contributed by atoms with van der Waals surface area (Å²) in [5.74, 6) is 0.231. The van der Waals surface area contributed by atoms with Gasteiger partial charge in [0.25, 0.3) is 0 Å². The van der Waals surface area contributed by atoms with Crippen molar-refractivity contribution >= 4 is 11.3 Å². The SMILES string of the molecule is CCCc1nc(COc2cc(F)cc(CCN)c2)cs1. The lowest BCUT2D eigenvalue weighted by molar-refractivity contribution is 0.300. The second kappa shape index (κ2) is 7.36.